The number of carbonyl (C=O) groups excluding carboxylic acids is 1. The Morgan fingerprint density at radius 3 is 2.89 bits per heavy atom. The van der Waals surface area contributed by atoms with Crippen molar-refractivity contribution < 1.29 is 19.1 Å². The van der Waals surface area contributed by atoms with Gasteiger partial charge < -0.3 is 19.1 Å². The normalized spacial score (nSPS) is 10.6. The van der Waals surface area contributed by atoms with Crippen molar-refractivity contribution in [1.29, 1.82) is 0 Å². The minimum absolute atomic E-state index is 0.0770. The summed E-state index contributed by atoms with van der Waals surface area (Å²) < 4.78 is 10.3. The molecule has 1 N–H and O–H groups in total. The summed E-state index contributed by atoms with van der Waals surface area (Å²) in [4.78, 5) is 22.5. The SMILES string of the molecule is COc1cc2c(=O)c(CCCC=O)coc2cc1O. The highest BCUT2D eigenvalue weighted by atomic mass is 16.5. The maximum Gasteiger partial charge on any atom is 0.195 e. The van der Waals surface area contributed by atoms with E-state index in [1.807, 2.05) is 0 Å². The predicted molar refractivity (Wildman–Crippen MR) is 69.7 cm³/mol. The summed E-state index contributed by atoms with van der Waals surface area (Å²) in [5.41, 5.74) is 0.662. The topological polar surface area (TPSA) is 76.7 Å². The fraction of sp³-hybridized carbons (Fsp3) is 0.286. The molecule has 0 aliphatic heterocycles. The van der Waals surface area contributed by atoms with Crippen molar-refractivity contribution in [1.82, 2.24) is 0 Å². The molecule has 2 rings (SSSR count). The molecular weight excluding hydrogens is 248 g/mol. The first-order valence-electron chi connectivity index (χ1n) is 5.92. The van der Waals surface area contributed by atoms with Crippen LogP contribution in [0.2, 0.25) is 0 Å². The highest BCUT2D eigenvalue weighted by molar-refractivity contribution is 5.81. The number of phenolic OH excluding ortho intramolecular Hbond substituents is 1. The van der Waals surface area contributed by atoms with E-state index in [4.69, 9.17) is 9.15 Å². The van der Waals surface area contributed by atoms with E-state index in [0.717, 1.165) is 6.29 Å². The number of hydrogen-bond donors (Lipinski definition) is 1. The second-order valence-electron chi connectivity index (χ2n) is 4.17. The number of benzene rings is 1. The Morgan fingerprint density at radius 2 is 2.21 bits per heavy atom. The van der Waals surface area contributed by atoms with Gasteiger partial charge in [0.15, 0.2) is 16.9 Å². The quantitative estimate of drug-likeness (QED) is 0.659. The van der Waals surface area contributed by atoms with Crippen LogP contribution in [0.5, 0.6) is 11.5 Å². The standard InChI is InChI=1S/C14H14O5/c1-18-13-6-10-12(7-11(13)16)19-8-9(14(10)17)4-2-3-5-15/h5-8,16H,2-4H2,1H3. The van der Waals surface area contributed by atoms with Crippen LogP contribution in [-0.2, 0) is 11.2 Å². The Bertz CT molecular complexity index is 657. The molecule has 0 bridgehead atoms. The smallest absolute Gasteiger partial charge is 0.195 e. The zero-order valence-corrected chi connectivity index (χ0v) is 10.5. The van der Waals surface area contributed by atoms with E-state index in [2.05, 4.69) is 0 Å². The number of unbranched alkanes of at least 4 members (excludes halogenated alkanes) is 1. The second-order valence-corrected chi connectivity index (χ2v) is 4.17. The largest absolute Gasteiger partial charge is 0.504 e. The first-order valence-corrected chi connectivity index (χ1v) is 5.92. The number of aldehydes is 1. The monoisotopic (exact) mass is 262 g/mol. The third kappa shape index (κ3) is 2.59. The molecule has 0 aliphatic carbocycles. The van der Waals surface area contributed by atoms with E-state index < -0.39 is 0 Å². The molecule has 0 saturated heterocycles. The third-order valence-corrected chi connectivity index (χ3v) is 2.91. The van der Waals surface area contributed by atoms with Gasteiger partial charge in [0.25, 0.3) is 0 Å². The average molecular weight is 262 g/mol. The van der Waals surface area contributed by atoms with Gasteiger partial charge in [-0.2, -0.15) is 0 Å². The van der Waals surface area contributed by atoms with Crippen molar-refractivity contribution in [3.8, 4) is 11.5 Å². The molecule has 100 valence electrons. The van der Waals surface area contributed by atoms with Crippen molar-refractivity contribution in [3.05, 3.63) is 34.2 Å². The van der Waals surface area contributed by atoms with Gasteiger partial charge in [-0.05, 0) is 18.9 Å². The molecule has 0 saturated carbocycles. The van der Waals surface area contributed by atoms with E-state index >= 15 is 0 Å². The molecule has 1 heterocycles. The van der Waals surface area contributed by atoms with Gasteiger partial charge >= 0.3 is 0 Å². The molecule has 0 atom stereocenters. The van der Waals surface area contributed by atoms with Crippen molar-refractivity contribution >= 4 is 17.3 Å². The maximum atomic E-state index is 12.2. The van der Waals surface area contributed by atoms with Crippen LogP contribution in [0.15, 0.2) is 27.6 Å². The van der Waals surface area contributed by atoms with Crippen LogP contribution in [-0.4, -0.2) is 18.5 Å². The molecule has 0 spiro atoms. The van der Waals surface area contributed by atoms with Crippen molar-refractivity contribution in [3.63, 3.8) is 0 Å². The van der Waals surface area contributed by atoms with Crippen LogP contribution < -0.4 is 10.2 Å². The third-order valence-electron chi connectivity index (χ3n) is 2.91. The van der Waals surface area contributed by atoms with E-state index in [9.17, 15) is 14.7 Å². The minimum Gasteiger partial charge on any atom is -0.504 e. The first-order chi connectivity index (χ1) is 9.17. The number of rotatable bonds is 5. The molecule has 5 heteroatoms. The highest BCUT2D eigenvalue weighted by Crippen LogP contribution is 2.29. The van der Waals surface area contributed by atoms with Crippen LogP contribution in [0.25, 0.3) is 11.0 Å². The molecule has 0 fully saturated rings. The van der Waals surface area contributed by atoms with Gasteiger partial charge in [0.1, 0.15) is 11.9 Å². The number of aromatic hydroxyl groups is 1. The Kier molecular flexibility index (Phi) is 3.85. The number of hydrogen-bond acceptors (Lipinski definition) is 5. The van der Waals surface area contributed by atoms with E-state index in [-0.39, 0.29) is 16.9 Å². The summed E-state index contributed by atoms with van der Waals surface area (Å²) >= 11 is 0. The zero-order valence-electron chi connectivity index (χ0n) is 10.5. The van der Waals surface area contributed by atoms with Gasteiger partial charge in [0, 0.05) is 18.1 Å². The Morgan fingerprint density at radius 1 is 1.42 bits per heavy atom. The fourth-order valence-corrected chi connectivity index (χ4v) is 1.90. The van der Waals surface area contributed by atoms with Crippen LogP contribution in [0.4, 0.5) is 0 Å². The highest BCUT2D eigenvalue weighted by Gasteiger charge is 2.11. The number of fused-ring (bicyclic) bond motifs is 1. The van der Waals surface area contributed by atoms with Crippen LogP contribution in [0.3, 0.4) is 0 Å². The molecule has 0 unspecified atom stereocenters. The lowest BCUT2D eigenvalue weighted by molar-refractivity contribution is -0.107. The van der Waals surface area contributed by atoms with Crippen molar-refractivity contribution in [2.24, 2.45) is 0 Å². The van der Waals surface area contributed by atoms with Gasteiger partial charge in [0.2, 0.25) is 0 Å². The average Bonchev–Trinajstić information content (AvgIpc) is 2.41. The molecular formula is C14H14O5. The summed E-state index contributed by atoms with van der Waals surface area (Å²) in [5.74, 6) is 0.150. The van der Waals surface area contributed by atoms with Crippen LogP contribution in [0, 0.1) is 0 Å². The number of phenols is 1. The lowest BCUT2D eigenvalue weighted by Crippen LogP contribution is -2.09. The van der Waals surface area contributed by atoms with Crippen molar-refractivity contribution in [2.45, 2.75) is 19.3 Å². The number of ether oxygens (including phenoxy) is 1. The summed E-state index contributed by atoms with van der Waals surface area (Å²) in [6.07, 6.45) is 3.71. The summed E-state index contributed by atoms with van der Waals surface area (Å²) in [5, 5.41) is 9.98. The molecule has 1 aromatic heterocycles. The molecule has 0 amide bonds. The number of methoxy groups -OCH3 is 1. The first kappa shape index (κ1) is 13.1. The molecule has 1 aromatic carbocycles. The van der Waals surface area contributed by atoms with Gasteiger partial charge in [-0.1, -0.05) is 0 Å². The molecule has 0 aliphatic rings. The van der Waals surface area contributed by atoms with Crippen molar-refractivity contribution in [2.75, 3.05) is 7.11 Å². The van der Waals surface area contributed by atoms with E-state index in [1.165, 1.54) is 25.5 Å². The summed E-state index contributed by atoms with van der Waals surface area (Å²) in [6, 6.07) is 2.81. The number of carbonyl (C=O) groups is 1. The number of aryl methyl sites for hydroxylation is 1. The molecule has 0 radical (unpaired) electrons. The van der Waals surface area contributed by atoms with Gasteiger partial charge in [-0.3, -0.25) is 4.79 Å². The van der Waals surface area contributed by atoms with E-state index in [0.29, 0.717) is 35.8 Å². The van der Waals surface area contributed by atoms with Crippen LogP contribution >= 0.6 is 0 Å². The van der Waals surface area contributed by atoms with Gasteiger partial charge in [-0.25, -0.2) is 0 Å². The maximum absolute atomic E-state index is 12.2. The minimum atomic E-state index is -0.162. The fourth-order valence-electron chi connectivity index (χ4n) is 1.90. The lowest BCUT2D eigenvalue weighted by Gasteiger charge is -2.06. The Labute approximate surface area is 109 Å². The molecule has 19 heavy (non-hydrogen) atoms. The van der Waals surface area contributed by atoms with E-state index in [1.54, 1.807) is 0 Å². The van der Waals surface area contributed by atoms with Gasteiger partial charge in [-0.15, -0.1) is 0 Å². The van der Waals surface area contributed by atoms with Crippen LogP contribution in [0.1, 0.15) is 18.4 Å². The Balaban J connectivity index is 2.48. The molecule has 5 nitrogen and oxygen atoms in total. The zero-order chi connectivity index (χ0) is 13.8. The summed E-state index contributed by atoms with van der Waals surface area (Å²) in [7, 11) is 1.41. The lowest BCUT2D eigenvalue weighted by atomic mass is 10.1. The summed E-state index contributed by atoms with van der Waals surface area (Å²) in [6.45, 7) is 0. The predicted octanol–water partition coefficient (Wildman–Crippen LogP) is 2.03. The second kappa shape index (κ2) is 5.56. The Hall–Kier alpha value is -2.30. The molecule has 2 aromatic rings. The van der Waals surface area contributed by atoms with Gasteiger partial charge in [0.05, 0.1) is 18.8 Å².